The van der Waals surface area contributed by atoms with Crippen LogP contribution in [0.4, 0.5) is 4.79 Å². The highest BCUT2D eigenvalue weighted by Crippen LogP contribution is 2.25. The monoisotopic (exact) mass is 591 g/mol. The highest BCUT2D eigenvalue weighted by molar-refractivity contribution is 7.98. The van der Waals surface area contributed by atoms with Gasteiger partial charge in [0.2, 0.25) is 11.8 Å². The maximum absolute atomic E-state index is 14.3. The van der Waals surface area contributed by atoms with E-state index in [-0.39, 0.29) is 11.8 Å². The van der Waals surface area contributed by atoms with Crippen LogP contribution in [0.1, 0.15) is 123 Å². The van der Waals surface area contributed by atoms with Gasteiger partial charge in [-0.25, -0.2) is 4.79 Å². The molecule has 1 aromatic carbocycles. The lowest BCUT2D eigenvalue weighted by Gasteiger charge is -2.34. The lowest BCUT2D eigenvalue weighted by molar-refractivity contribution is -0.142. The molecule has 41 heavy (non-hydrogen) atoms. The molecule has 0 saturated heterocycles. The van der Waals surface area contributed by atoms with Crippen molar-refractivity contribution in [3.8, 4) is 0 Å². The lowest BCUT2D eigenvalue weighted by atomic mass is 9.99. The van der Waals surface area contributed by atoms with Crippen LogP contribution in [-0.2, 0) is 20.7 Å². The topological polar surface area (TPSA) is 87.7 Å². The van der Waals surface area contributed by atoms with E-state index in [1.165, 1.54) is 24.8 Å². The number of hydrogen-bond donors (Lipinski definition) is 2. The van der Waals surface area contributed by atoms with Gasteiger partial charge in [-0.1, -0.05) is 90.0 Å². The fourth-order valence-electron chi connectivity index (χ4n) is 4.66. The van der Waals surface area contributed by atoms with Crippen molar-refractivity contribution in [2.24, 2.45) is 0 Å². The molecular weight excluding hydrogens is 534 g/mol. The number of amides is 3. The predicted molar refractivity (Wildman–Crippen MR) is 172 cm³/mol. The van der Waals surface area contributed by atoms with Crippen LogP contribution in [0.5, 0.6) is 0 Å². The van der Waals surface area contributed by atoms with Crippen molar-refractivity contribution >= 4 is 29.7 Å². The summed E-state index contributed by atoms with van der Waals surface area (Å²) in [4.78, 5) is 42.6. The van der Waals surface area contributed by atoms with Crippen molar-refractivity contribution in [3.05, 3.63) is 35.4 Å². The second-order valence-corrected chi connectivity index (χ2v) is 12.8. The van der Waals surface area contributed by atoms with Crippen LogP contribution in [0.15, 0.2) is 24.3 Å². The number of nitrogens with one attached hydrogen (secondary N) is 2. The normalized spacial score (nSPS) is 12.9. The summed E-state index contributed by atoms with van der Waals surface area (Å²) in [7, 11) is 0. The Balaban J connectivity index is 3.40. The van der Waals surface area contributed by atoms with Gasteiger partial charge in [-0.3, -0.25) is 9.59 Å². The molecule has 2 N–H and O–H groups in total. The van der Waals surface area contributed by atoms with Crippen molar-refractivity contribution in [1.29, 1.82) is 0 Å². The number of carbonyl (C=O) groups excluding carboxylic acids is 3. The zero-order valence-electron chi connectivity index (χ0n) is 26.9. The van der Waals surface area contributed by atoms with Gasteiger partial charge in [0.1, 0.15) is 17.7 Å². The molecule has 0 aliphatic carbocycles. The van der Waals surface area contributed by atoms with Gasteiger partial charge in [0.25, 0.3) is 0 Å². The molecule has 2 atom stereocenters. The second kappa shape index (κ2) is 20.6. The summed E-state index contributed by atoms with van der Waals surface area (Å²) in [5.74, 6) is 0.271. The third kappa shape index (κ3) is 15.0. The Morgan fingerprint density at radius 3 is 2.10 bits per heavy atom. The molecule has 1 rings (SSSR count). The summed E-state index contributed by atoms with van der Waals surface area (Å²) in [6, 6.07) is 6.43. The van der Waals surface area contributed by atoms with E-state index in [1.807, 2.05) is 30.5 Å². The van der Waals surface area contributed by atoms with Gasteiger partial charge in [-0.15, -0.1) is 0 Å². The highest BCUT2D eigenvalue weighted by Gasteiger charge is 2.35. The summed E-state index contributed by atoms with van der Waals surface area (Å²) in [6.07, 6.45) is 12.1. The van der Waals surface area contributed by atoms with E-state index in [1.54, 1.807) is 37.4 Å². The first-order valence-electron chi connectivity index (χ1n) is 15.7. The van der Waals surface area contributed by atoms with Gasteiger partial charge in [0, 0.05) is 13.1 Å². The minimum Gasteiger partial charge on any atom is -0.444 e. The molecule has 0 fully saturated rings. The minimum atomic E-state index is -0.789. The van der Waals surface area contributed by atoms with Gasteiger partial charge in [0.05, 0.1) is 0 Å². The quantitative estimate of drug-likeness (QED) is 0.154. The molecule has 0 bridgehead atoms. The number of thioether (sulfide) groups is 1. The molecule has 0 radical (unpaired) electrons. The van der Waals surface area contributed by atoms with Gasteiger partial charge in [0.15, 0.2) is 0 Å². The first kappa shape index (κ1) is 36.8. The largest absolute Gasteiger partial charge is 0.444 e. The lowest BCUT2D eigenvalue weighted by Crippen LogP contribution is -2.53. The van der Waals surface area contributed by atoms with E-state index >= 15 is 0 Å². The molecule has 7 nitrogen and oxygen atoms in total. The first-order chi connectivity index (χ1) is 19.6. The first-order valence-corrected chi connectivity index (χ1v) is 17.1. The Labute approximate surface area is 254 Å². The molecule has 0 spiro atoms. The number of unbranched alkanes of at least 4 members (excludes halogenated alkanes) is 7. The Kier molecular flexibility index (Phi) is 18.5. The average molecular weight is 592 g/mol. The third-order valence-corrected chi connectivity index (χ3v) is 7.62. The summed E-state index contributed by atoms with van der Waals surface area (Å²) in [5, 5.41) is 5.94. The van der Waals surface area contributed by atoms with Crippen LogP contribution in [0.3, 0.4) is 0 Å². The minimum absolute atomic E-state index is 0.175. The Hall–Kier alpha value is -2.22. The molecule has 0 aliphatic heterocycles. The number of benzene rings is 1. The maximum Gasteiger partial charge on any atom is 0.408 e. The number of rotatable bonds is 20. The van der Waals surface area contributed by atoms with Gasteiger partial charge < -0.3 is 20.3 Å². The molecule has 8 heteroatoms. The van der Waals surface area contributed by atoms with E-state index < -0.39 is 23.8 Å². The van der Waals surface area contributed by atoms with E-state index in [9.17, 15) is 14.4 Å². The second-order valence-electron chi connectivity index (χ2n) is 11.8. The molecule has 2 unspecified atom stereocenters. The smallest absolute Gasteiger partial charge is 0.408 e. The predicted octanol–water partition coefficient (Wildman–Crippen LogP) is 7.43. The summed E-state index contributed by atoms with van der Waals surface area (Å²) >= 11 is 1.62. The van der Waals surface area contributed by atoms with Crippen LogP contribution < -0.4 is 10.6 Å². The van der Waals surface area contributed by atoms with Crippen LogP contribution in [-0.4, -0.2) is 59.5 Å². The summed E-state index contributed by atoms with van der Waals surface area (Å²) in [6.45, 7) is 12.8. The van der Waals surface area contributed by atoms with Crippen LogP contribution in [0.25, 0.3) is 0 Å². The maximum atomic E-state index is 14.3. The number of alkyl carbamates (subject to hydrolysis) is 1. The van der Waals surface area contributed by atoms with E-state index in [2.05, 4.69) is 31.4 Å². The molecule has 234 valence electrons. The molecular formula is C33H57N3O4S. The number of hydrogen-bond acceptors (Lipinski definition) is 5. The average Bonchev–Trinajstić information content (AvgIpc) is 2.93. The molecule has 0 aromatic heterocycles. The van der Waals surface area contributed by atoms with Crippen molar-refractivity contribution in [1.82, 2.24) is 15.5 Å². The third-order valence-electron chi connectivity index (χ3n) is 6.98. The van der Waals surface area contributed by atoms with Crippen molar-refractivity contribution in [3.63, 3.8) is 0 Å². The van der Waals surface area contributed by atoms with Gasteiger partial charge in [-0.2, -0.15) is 11.8 Å². The van der Waals surface area contributed by atoms with Gasteiger partial charge >= 0.3 is 6.09 Å². The Morgan fingerprint density at radius 1 is 0.902 bits per heavy atom. The van der Waals surface area contributed by atoms with E-state index in [0.717, 1.165) is 50.5 Å². The SMILES string of the molecule is CCCCCCCCN(C(=O)C(CCSC)NC(=O)OC(C)(C)C)C(C(=O)NCCCCC)c1ccc(CC)cc1. The number of nitrogens with zero attached hydrogens (tertiary/aromatic N) is 1. The van der Waals surface area contributed by atoms with E-state index in [0.29, 0.717) is 25.3 Å². The van der Waals surface area contributed by atoms with Crippen molar-refractivity contribution < 1.29 is 19.1 Å². The van der Waals surface area contributed by atoms with Crippen molar-refractivity contribution in [2.75, 3.05) is 25.1 Å². The standard InChI is InChI=1S/C33H57N3O4S/c1-8-11-13-14-15-17-24-36(31(38)28(22-25-41-7)35-32(39)40-33(4,5)6)29(30(37)34-23-16-12-9-2)27-20-18-26(10-3)19-21-27/h18-21,28-29H,8-17,22-25H2,1-7H3,(H,34,37)(H,35,39). The number of carbonyl (C=O) groups is 3. The van der Waals surface area contributed by atoms with Crippen LogP contribution in [0.2, 0.25) is 0 Å². The summed E-state index contributed by atoms with van der Waals surface area (Å²) in [5.41, 5.74) is 1.28. The zero-order chi connectivity index (χ0) is 30.7. The summed E-state index contributed by atoms with van der Waals surface area (Å²) < 4.78 is 5.50. The van der Waals surface area contributed by atoms with Crippen molar-refractivity contribution in [2.45, 2.75) is 130 Å². The highest BCUT2D eigenvalue weighted by atomic mass is 32.2. The fourth-order valence-corrected chi connectivity index (χ4v) is 5.14. The van der Waals surface area contributed by atoms with E-state index in [4.69, 9.17) is 4.74 Å². The molecule has 0 heterocycles. The molecule has 0 aliphatic rings. The van der Waals surface area contributed by atoms with Crippen LogP contribution >= 0.6 is 11.8 Å². The number of ether oxygens (including phenoxy) is 1. The number of aryl methyl sites for hydroxylation is 1. The molecule has 1 aromatic rings. The molecule has 3 amide bonds. The zero-order valence-corrected chi connectivity index (χ0v) is 27.7. The van der Waals surface area contributed by atoms with Crippen LogP contribution in [0, 0.1) is 0 Å². The van der Waals surface area contributed by atoms with Gasteiger partial charge in [-0.05, 0) is 69.6 Å². The fraction of sp³-hybridized carbons (Fsp3) is 0.727. The molecule has 0 saturated carbocycles. The Bertz CT molecular complexity index is 885. The Morgan fingerprint density at radius 2 is 1.51 bits per heavy atom.